The minimum atomic E-state index is -3.58. The molecule has 2 heterocycles. The molecular formula is C29H29N5O2S. The van der Waals surface area contributed by atoms with Crippen LogP contribution in [-0.4, -0.2) is 48.9 Å². The van der Waals surface area contributed by atoms with Crippen molar-refractivity contribution >= 4 is 27.5 Å². The van der Waals surface area contributed by atoms with Gasteiger partial charge < -0.3 is 10.2 Å². The summed E-state index contributed by atoms with van der Waals surface area (Å²) in [5.41, 5.74) is 7.66. The van der Waals surface area contributed by atoms with Gasteiger partial charge in [0.1, 0.15) is 5.82 Å². The summed E-state index contributed by atoms with van der Waals surface area (Å²) in [7, 11) is -3.58. The maximum atomic E-state index is 13.5. The molecule has 8 heteroatoms. The molecule has 37 heavy (non-hydrogen) atoms. The lowest BCUT2D eigenvalue weighted by Crippen LogP contribution is -2.49. The van der Waals surface area contributed by atoms with Gasteiger partial charge >= 0.3 is 0 Å². The standard InChI is InChI=1S/C29H29N5O2S/c1-20-7-9-24(10-8-20)31-28-17-21(2)30-29(32-28)33-13-15-34(16-14-33)37(35,36)25-11-12-27-23(19-25)18-22-5-3-4-6-26(22)27/h3-12,17,19H,13-16,18H2,1-2H3,(H,30,31,32). The van der Waals surface area contributed by atoms with Crippen LogP contribution in [0.5, 0.6) is 0 Å². The topological polar surface area (TPSA) is 78.4 Å². The fourth-order valence-corrected chi connectivity index (χ4v) is 6.58. The molecule has 4 aromatic rings. The third-order valence-corrected chi connectivity index (χ3v) is 8.99. The summed E-state index contributed by atoms with van der Waals surface area (Å²) >= 11 is 0. The highest BCUT2D eigenvalue weighted by atomic mass is 32.2. The normalized spacial score (nSPS) is 15.4. The van der Waals surface area contributed by atoms with Crippen molar-refractivity contribution in [2.24, 2.45) is 0 Å². The number of anilines is 3. The Bertz CT molecular complexity index is 1580. The quantitative estimate of drug-likeness (QED) is 0.361. The van der Waals surface area contributed by atoms with Crippen LogP contribution >= 0.6 is 0 Å². The van der Waals surface area contributed by atoms with Crippen LogP contribution < -0.4 is 10.2 Å². The summed E-state index contributed by atoms with van der Waals surface area (Å²) < 4.78 is 28.6. The molecule has 1 aliphatic heterocycles. The molecule has 7 nitrogen and oxygen atoms in total. The maximum absolute atomic E-state index is 13.5. The van der Waals surface area contributed by atoms with E-state index in [0.717, 1.165) is 34.7 Å². The Balaban J connectivity index is 1.16. The molecule has 0 amide bonds. The number of nitrogens with one attached hydrogen (secondary N) is 1. The molecule has 0 atom stereocenters. The third kappa shape index (κ3) is 4.58. The van der Waals surface area contributed by atoms with Crippen LogP contribution in [0.2, 0.25) is 0 Å². The highest BCUT2D eigenvalue weighted by molar-refractivity contribution is 7.89. The van der Waals surface area contributed by atoms with Crippen molar-refractivity contribution in [3.05, 3.63) is 95.2 Å². The maximum Gasteiger partial charge on any atom is 0.243 e. The Morgan fingerprint density at radius 1 is 0.784 bits per heavy atom. The molecule has 1 aliphatic carbocycles. The lowest BCUT2D eigenvalue weighted by molar-refractivity contribution is 0.382. The molecule has 188 valence electrons. The van der Waals surface area contributed by atoms with Crippen molar-refractivity contribution in [1.82, 2.24) is 14.3 Å². The van der Waals surface area contributed by atoms with E-state index in [1.165, 1.54) is 16.7 Å². The Kier molecular flexibility index (Phi) is 5.93. The Hall–Kier alpha value is -3.75. The molecule has 0 bridgehead atoms. The first-order valence-electron chi connectivity index (χ1n) is 12.5. The fraction of sp³-hybridized carbons (Fsp3) is 0.241. The molecule has 6 rings (SSSR count). The predicted molar refractivity (Wildman–Crippen MR) is 147 cm³/mol. The van der Waals surface area contributed by atoms with Gasteiger partial charge in [0.2, 0.25) is 16.0 Å². The van der Waals surface area contributed by atoms with Gasteiger partial charge in [0.05, 0.1) is 4.90 Å². The number of aryl methyl sites for hydroxylation is 2. The minimum Gasteiger partial charge on any atom is -0.340 e. The number of nitrogens with zero attached hydrogens (tertiary/aromatic N) is 4. The molecule has 1 fully saturated rings. The first kappa shape index (κ1) is 23.6. The molecule has 0 saturated carbocycles. The number of aromatic nitrogens is 2. The number of hydrogen-bond acceptors (Lipinski definition) is 6. The van der Waals surface area contributed by atoms with Crippen molar-refractivity contribution in [3.63, 3.8) is 0 Å². The van der Waals surface area contributed by atoms with Gasteiger partial charge in [0, 0.05) is 43.6 Å². The first-order chi connectivity index (χ1) is 17.9. The lowest BCUT2D eigenvalue weighted by Gasteiger charge is -2.34. The van der Waals surface area contributed by atoms with Gasteiger partial charge in [-0.2, -0.15) is 9.29 Å². The molecule has 3 aromatic carbocycles. The molecule has 1 N–H and O–H groups in total. The van der Waals surface area contributed by atoms with E-state index < -0.39 is 10.0 Å². The smallest absolute Gasteiger partial charge is 0.243 e. The average molecular weight is 512 g/mol. The lowest BCUT2D eigenvalue weighted by atomic mass is 10.1. The van der Waals surface area contributed by atoms with E-state index in [1.54, 1.807) is 10.4 Å². The van der Waals surface area contributed by atoms with Crippen LogP contribution in [-0.2, 0) is 16.4 Å². The SMILES string of the molecule is Cc1ccc(Nc2cc(C)nc(N3CCN(S(=O)(=O)c4ccc5c(c4)Cc4ccccc4-5)CC3)n2)cc1. The molecule has 0 radical (unpaired) electrons. The second-order valence-electron chi connectivity index (χ2n) is 9.73. The number of rotatable bonds is 5. The first-order valence-corrected chi connectivity index (χ1v) is 14.0. The minimum absolute atomic E-state index is 0.365. The van der Waals surface area contributed by atoms with Crippen molar-refractivity contribution < 1.29 is 8.42 Å². The molecule has 1 saturated heterocycles. The van der Waals surface area contributed by atoms with Gasteiger partial charge in [-0.05, 0) is 66.8 Å². The number of hydrogen-bond donors (Lipinski definition) is 1. The largest absolute Gasteiger partial charge is 0.340 e. The molecule has 1 aromatic heterocycles. The van der Waals surface area contributed by atoms with Crippen molar-refractivity contribution in [2.45, 2.75) is 25.2 Å². The summed E-state index contributed by atoms with van der Waals surface area (Å²) in [6.45, 7) is 5.83. The summed E-state index contributed by atoms with van der Waals surface area (Å²) in [5, 5.41) is 3.35. The second kappa shape index (κ2) is 9.28. The van der Waals surface area contributed by atoms with E-state index in [4.69, 9.17) is 4.98 Å². The van der Waals surface area contributed by atoms with Gasteiger partial charge in [-0.15, -0.1) is 0 Å². The zero-order valence-electron chi connectivity index (χ0n) is 21.0. The van der Waals surface area contributed by atoms with E-state index >= 15 is 0 Å². The second-order valence-corrected chi connectivity index (χ2v) is 11.7. The van der Waals surface area contributed by atoms with Gasteiger partial charge in [-0.1, -0.05) is 48.0 Å². The third-order valence-electron chi connectivity index (χ3n) is 7.09. The van der Waals surface area contributed by atoms with Crippen LogP contribution in [0.3, 0.4) is 0 Å². The van der Waals surface area contributed by atoms with E-state index in [-0.39, 0.29) is 0 Å². The number of sulfonamides is 1. The van der Waals surface area contributed by atoms with Crippen molar-refractivity contribution in [1.29, 1.82) is 0 Å². The van der Waals surface area contributed by atoms with Gasteiger partial charge in [-0.25, -0.2) is 13.4 Å². The van der Waals surface area contributed by atoms with Crippen LogP contribution in [0.4, 0.5) is 17.5 Å². The van der Waals surface area contributed by atoms with Gasteiger partial charge in [0.15, 0.2) is 0 Å². The molecule has 0 unspecified atom stereocenters. The zero-order valence-corrected chi connectivity index (χ0v) is 21.8. The monoisotopic (exact) mass is 511 g/mol. The van der Waals surface area contributed by atoms with Gasteiger partial charge in [-0.3, -0.25) is 0 Å². The number of piperazine rings is 1. The fourth-order valence-electron chi connectivity index (χ4n) is 5.10. The summed E-state index contributed by atoms with van der Waals surface area (Å²) in [6, 6.07) is 23.9. The van der Waals surface area contributed by atoms with Crippen LogP contribution in [0.1, 0.15) is 22.4 Å². The van der Waals surface area contributed by atoms with E-state index in [2.05, 4.69) is 46.4 Å². The highest BCUT2D eigenvalue weighted by Crippen LogP contribution is 2.37. The van der Waals surface area contributed by atoms with Crippen LogP contribution in [0.25, 0.3) is 11.1 Å². The van der Waals surface area contributed by atoms with E-state index in [9.17, 15) is 8.42 Å². The summed E-state index contributed by atoms with van der Waals surface area (Å²) in [5.74, 6) is 1.34. The summed E-state index contributed by atoms with van der Waals surface area (Å²) in [6.07, 6.45) is 0.770. The average Bonchev–Trinajstić information content (AvgIpc) is 3.28. The zero-order chi connectivity index (χ0) is 25.6. The predicted octanol–water partition coefficient (Wildman–Crippen LogP) is 4.92. The van der Waals surface area contributed by atoms with Crippen LogP contribution in [0.15, 0.2) is 77.7 Å². The van der Waals surface area contributed by atoms with Crippen molar-refractivity contribution in [2.75, 3.05) is 36.4 Å². The molecular weight excluding hydrogens is 482 g/mol. The highest BCUT2D eigenvalue weighted by Gasteiger charge is 2.31. The molecule has 2 aliphatic rings. The Labute approximate surface area is 217 Å². The summed E-state index contributed by atoms with van der Waals surface area (Å²) in [4.78, 5) is 11.8. The Morgan fingerprint density at radius 3 is 2.30 bits per heavy atom. The molecule has 0 spiro atoms. The van der Waals surface area contributed by atoms with Gasteiger partial charge in [0.25, 0.3) is 0 Å². The van der Waals surface area contributed by atoms with Crippen LogP contribution in [0, 0.1) is 13.8 Å². The number of fused-ring (bicyclic) bond motifs is 3. The van der Waals surface area contributed by atoms with E-state index in [1.807, 2.05) is 49.4 Å². The van der Waals surface area contributed by atoms with Crippen molar-refractivity contribution in [3.8, 4) is 11.1 Å². The number of benzene rings is 3. The Morgan fingerprint density at radius 2 is 1.51 bits per heavy atom. The van der Waals surface area contributed by atoms with E-state index in [0.29, 0.717) is 37.0 Å².